The molecule has 1 amide bonds. The van der Waals surface area contributed by atoms with Crippen LogP contribution in [0.25, 0.3) is 0 Å². The Kier molecular flexibility index (Phi) is 4.90. The first kappa shape index (κ1) is 16.1. The summed E-state index contributed by atoms with van der Waals surface area (Å²) in [6.45, 7) is 2.60. The van der Waals surface area contributed by atoms with Gasteiger partial charge in [0.05, 0.1) is 26.6 Å². The number of hydrogen-bond acceptors (Lipinski definition) is 4. The van der Waals surface area contributed by atoms with E-state index in [2.05, 4.69) is 0 Å². The van der Waals surface area contributed by atoms with E-state index in [1.54, 1.807) is 37.3 Å². The highest BCUT2D eigenvalue weighted by molar-refractivity contribution is 5.81. The third-order valence-electron chi connectivity index (χ3n) is 4.11. The zero-order chi connectivity index (χ0) is 16.3. The van der Waals surface area contributed by atoms with Crippen LogP contribution in [0.3, 0.4) is 0 Å². The van der Waals surface area contributed by atoms with E-state index >= 15 is 0 Å². The number of benzene rings is 1. The van der Waals surface area contributed by atoms with E-state index in [1.807, 2.05) is 6.92 Å². The first-order chi connectivity index (χ1) is 10.5. The Hall–Kier alpha value is -2.24. The largest absolute Gasteiger partial charge is 0.497 e. The fraction of sp³-hybridized carbons (Fsp3) is 0.500. The maximum Gasteiger partial charge on any atom is 0.308 e. The lowest BCUT2D eigenvalue weighted by Crippen LogP contribution is -2.31. The lowest BCUT2D eigenvalue weighted by molar-refractivity contribution is -0.142. The molecular formula is C16H21NO5. The molecule has 2 rings (SSSR count). The van der Waals surface area contributed by atoms with Crippen molar-refractivity contribution in [3.8, 4) is 11.5 Å². The van der Waals surface area contributed by atoms with Crippen LogP contribution in [-0.4, -0.2) is 49.2 Å². The number of amides is 1. The molecule has 0 aromatic heterocycles. The molecule has 1 aliphatic rings. The van der Waals surface area contributed by atoms with Crippen LogP contribution in [0.2, 0.25) is 0 Å². The van der Waals surface area contributed by atoms with Crippen molar-refractivity contribution in [2.75, 3.05) is 27.3 Å². The van der Waals surface area contributed by atoms with E-state index in [0.717, 1.165) is 5.56 Å². The van der Waals surface area contributed by atoms with Gasteiger partial charge in [-0.1, -0.05) is 6.92 Å². The van der Waals surface area contributed by atoms with Gasteiger partial charge in [-0.15, -0.1) is 0 Å². The molecule has 120 valence electrons. The van der Waals surface area contributed by atoms with Gasteiger partial charge in [0.1, 0.15) is 11.5 Å². The Morgan fingerprint density at radius 2 is 2.00 bits per heavy atom. The normalized spacial score (nSPS) is 20.8. The van der Waals surface area contributed by atoms with Gasteiger partial charge in [-0.25, -0.2) is 0 Å². The molecule has 0 bridgehead atoms. The number of hydrogen-bond donors (Lipinski definition) is 1. The molecule has 1 saturated heterocycles. The highest BCUT2D eigenvalue weighted by atomic mass is 16.5. The molecule has 0 radical (unpaired) electrons. The van der Waals surface area contributed by atoms with Crippen LogP contribution >= 0.6 is 0 Å². The minimum atomic E-state index is -0.846. The van der Waals surface area contributed by atoms with E-state index in [-0.39, 0.29) is 24.8 Å². The summed E-state index contributed by atoms with van der Waals surface area (Å²) in [5.41, 5.74) is 0.735. The number of carbonyl (C=O) groups is 2. The van der Waals surface area contributed by atoms with Crippen LogP contribution in [0.4, 0.5) is 0 Å². The van der Waals surface area contributed by atoms with Gasteiger partial charge in [-0.2, -0.15) is 0 Å². The minimum Gasteiger partial charge on any atom is -0.497 e. The summed E-state index contributed by atoms with van der Waals surface area (Å²) in [5.74, 6) is -0.188. The van der Waals surface area contributed by atoms with Crippen molar-refractivity contribution in [2.45, 2.75) is 13.3 Å². The third-order valence-corrected chi connectivity index (χ3v) is 4.11. The number of methoxy groups -OCH3 is 2. The van der Waals surface area contributed by atoms with Gasteiger partial charge in [-0.05, 0) is 24.1 Å². The predicted octanol–water partition coefficient (Wildman–Crippen LogP) is 1.43. The van der Waals surface area contributed by atoms with E-state index in [1.165, 1.54) is 0 Å². The molecule has 22 heavy (non-hydrogen) atoms. The molecule has 0 spiro atoms. The van der Waals surface area contributed by atoms with E-state index in [9.17, 15) is 9.59 Å². The second-order valence-electron chi connectivity index (χ2n) is 5.58. The highest BCUT2D eigenvalue weighted by Gasteiger charge is 2.36. The smallest absolute Gasteiger partial charge is 0.308 e. The summed E-state index contributed by atoms with van der Waals surface area (Å²) >= 11 is 0. The van der Waals surface area contributed by atoms with Gasteiger partial charge in [-0.3, -0.25) is 9.59 Å². The van der Waals surface area contributed by atoms with Gasteiger partial charge in [0, 0.05) is 18.7 Å². The summed E-state index contributed by atoms with van der Waals surface area (Å²) in [6.07, 6.45) is 0.166. The van der Waals surface area contributed by atoms with Crippen molar-refractivity contribution in [3.63, 3.8) is 0 Å². The Bertz CT molecular complexity index is 572. The van der Waals surface area contributed by atoms with Crippen LogP contribution in [-0.2, 0) is 16.0 Å². The lowest BCUT2D eigenvalue weighted by atomic mass is 9.99. The first-order valence-electron chi connectivity index (χ1n) is 7.17. The number of nitrogens with zero attached hydrogens (tertiary/aromatic N) is 1. The molecule has 2 atom stereocenters. The summed E-state index contributed by atoms with van der Waals surface area (Å²) in [5, 5.41) is 9.15. The number of carboxylic acids is 1. The van der Waals surface area contributed by atoms with Crippen molar-refractivity contribution < 1.29 is 24.2 Å². The van der Waals surface area contributed by atoms with Crippen molar-refractivity contribution in [1.29, 1.82) is 0 Å². The third kappa shape index (κ3) is 3.32. The van der Waals surface area contributed by atoms with Crippen molar-refractivity contribution >= 4 is 11.9 Å². The Morgan fingerprint density at radius 1 is 1.27 bits per heavy atom. The van der Waals surface area contributed by atoms with E-state index < -0.39 is 11.9 Å². The number of rotatable bonds is 5. The quantitative estimate of drug-likeness (QED) is 0.890. The molecule has 1 aromatic rings. The van der Waals surface area contributed by atoms with Gasteiger partial charge >= 0.3 is 5.97 Å². The average Bonchev–Trinajstić information content (AvgIpc) is 2.89. The zero-order valence-corrected chi connectivity index (χ0v) is 13.0. The van der Waals surface area contributed by atoms with Gasteiger partial charge < -0.3 is 19.5 Å². The number of aliphatic carboxylic acids is 1. The molecular weight excluding hydrogens is 286 g/mol. The zero-order valence-electron chi connectivity index (χ0n) is 13.0. The molecule has 1 N–H and O–H groups in total. The highest BCUT2D eigenvalue weighted by Crippen LogP contribution is 2.27. The molecule has 6 heteroatoms. The lowest BCUT2D eigenvalue weighted by Gasteiger charge is -2.17. The van der Waals surface area contributed by atoms with Crippen molar-refractivity contribution in [3.05, 3.63) is 23.8 Å². The Labute approximate surface area is 129 Å². The topological polar surface area (TPSA) is 76.1 Å². The number of ether oxygens (including phenoxy) is 2. The molecule has 0 unspecified atom stereocenters. The van der Waals surface area contributed by atoms with Gasteiger partial charge in [0.2, 0.25) is 5.91 Å². The second kappa shape index (κ2) is 6.68. The average molecular weight is 307 g/mol. The summed E-state index contributed by atoms with van der Waals surface area (Å²) in [4.78, 5) is 25.2. The first-order valence-corrected chi connectivity index (χ1v) is 7.17. The molecule has 1 aliphatic heterocycles. The standard InChI is InChI=1S/C16H21NO5/c1-10-8-17(9-13(10)16(19)20)15(18)7-11-6-12(21-2)4-5-14(11)22-3/h4-6,10,13H,7-9H2,1-3H3,(H,19,20)/t10-,13-/m1/s1. The SMILES string of the molecule is COc1ccc(OC)c(CC(=O)N2C[C@@H](C)[C@H](C(=O)O)C2)c1. The minimum absolute atomic E-state index is 0.0337. The molecule has 1 aromatic carbocycles. The molecule has 1 heterocycles. The Morgan fingerprint density at radius 3 is 2.55 bits per heavy atom. The summed E-state index contributed by atoms with van der Waals surface area (Å²) in [6, 6.07) is 5.30. The number of likely N-dealkylation sites (tertiary alicyclic amines) is 1. The fourth-order valence-corrected chi connectivity index (χ4v) is 2.79. The molecule has 0 saturated carbocycles. The van der Waals surface area contributed by atoms with Crippen LogP contribution in [0.15, 0.2) is 18.2 Å². The predicted molar refractivity (Wildman–Crippen MR) is 80.1 cm³/mol. The van der Waals surface area contributed by atoms with Gasteiger partial charge in [0.25, 0.3) is 0 Å². The number of carboxylic acid groups (broad SMARTS) is 1. The maximum absolute atomic E-state index is 12.4. The molecule has 0 aliphatic carbocycles. The molecule has 1 fully saturated rings. The summed E-state index contributed by atoms with van der Waals surface area (Å²) < 4.78 is 10.4. The van der Waals surface area contributed by atoms with Crippen LogP contribution in [0.5, 0.6) is 11.5 Å². The monoisotopic (exact) mass is 307 g/mol. The van der Waals surface area contributed by atoms with Crippen molar-refractivity contribution in [2.24, 2.45) is 11.8 Å². The van der Waals surface area contributed by atoms with Crippen LogP contribution in [0.1, 0.15) is 12.5 Å². The maximum atomic E-state index is 12.4. The van der Waals surface area contributed by atoms with E-state index in [4.69, 9.17) is 14.6 Å². The molecule has 6 nitrogen and oxygen atoms in total. The number of carbonyl (C=O) groups excluding carboxylic acids is 1. The van der Waals surface area contributed by atoms with Gasteiger partial charge in [0.15, 0.2) is 0 Å². The Balaban J connectivity index is 2.11. The second-order valence-corrected chi connectivity index (χ2v) is 5.58. The summed E-state index contributed by atoms with van der Waals surface area (Å²) in [7, 11) is 3.11. The van der Waals surface area contributed by atoms with E-state index in [0.29, 0.717) is 18.0 Å². The van der Waals surface area contributed by atoms with Crippen LogP contribution < -0.4 is 9.47 Å². The van der Waals surface area contributed by atoms with Crippen molar-refractivity contribution in [1.82, 2.24) is 4.90 Å². The van der Waals surface area contributed by atoms with Crippen LogP contribution in [0, 0.1) is 11.8 Å². The fourth-order valence-electron chi connectivity index (χ4n) is 2.79.